The number of rotatable bonds is 1. The number of pyridine rings is 1. The minimum atomic E-state index is 0.714. The van der Waals surface area contributed by atoms with Crippen LogP contribution in [0.3, 0.4) is 0 Å². The van der Waals surface area contributed by atoms with E-state index >= 15 is 0 Å². The van der Waals surface area contributed by atoms with Gasteiger partial charge in [-0.2, -0.15) is 9.83 Å². The van der Waals surface area contributed by atoms with Crippen molar-refractivity contribution in [3.05, 3.63) is 77.9 Å². The van der Waals surface area contributed by atoms with E-state index in [4.69, 9.17) is 0 Å². The summed E-state index contributed by atoms with van der Waals surface area (Å²) in [4.78, 5) is 0. The Morgan fingerprint density at radius 1 is 0.875 bits per heavy atom. The lowest BCUT2D eigenvalue weighted by Gasteiger charge is -2.10. The van der Waals surface area contributed by atoms with Gasteiger partial charge >= 0.3 is 0 Å². The summed E-state index contributed by atoms with van der Waals surface area (Å²) in [7, 11) is 2.06. The van der Waals surface area contributed by atoms with Crippen molar-refractivity contribution >= 4 is 21.7 Å². The van der Waals surface area contributed by atoms with Gasteiger partial charge in [0, 0.05) is 17.7 Å². The molecule has 0 aliphatic heterocycles. The van der Waals surface area contributed by atoms with Crippen LogP contribution in [0.5, 0.6) is 0 Å². The van der Waals surface area contributed by atoms with Crippen LogP contribution in [0.4, 0.5) is 0 Å². The van der Waals surface area contributed by atoms with Gasteiger partial charge in [-0.05, 0) is 35.4 Å². The average molecular weight is 309 g/mol. The number of para-hydroxylation sites is 1. The first kappa shape index (κ1) is 14.4. The zero-order chi connectivity index (χ0) is 16.7. The van der Waals surface area contributed by atoms with Crippen molar-refractivity contribution in [1.29, 1.82) is 5.26 Å². The second kappa shape index (κ2) is 5.47. The lowest BCUT2D eigenvalue weighted by Crippen LogP contribution is -2.32. The highest BCUT2D eigenvalue weighted by molar-refractivity contribution is 5.92. The van der Waals surface area contributed by atoms with E-state index < -0.39 is 0 Å². The van der Waals surface area contributed by atoms with E-state index in [1.807, 2.05) is 24.3 Å². The number of nitriles is 1. The van der Waals surface area contributed by atoms with Crippen molar-refractivity contribution in [2.24, 2.45) is 7.05 Å². The number of benzene rings is 3. The summed E-state index contributed by atoms with van der Waals surface area (Å²) in [5.74, 6) is 0. The Balaban J connectivity index is 2.09. The molecular formula is C22H17N2+. The van der Waals surface area contributed by atoms with Gasteiger partial charge < -0.3 is 0 Å². The van der Waals surface area contributed by atoms with E-state index in [1.165, 1.54) is 21.9 Å². The first-order valence-corrected chi connectivity index (χ1v) is 8.01. The zero-order valence-electron chi connectivity index (χ0n) is 13.7. The van der Waals surface area contributed by atoms with Crippen LogP contribution in [0.1, 0.15) is 11.1 Å². The second-order valence-electron chi connectivity index (χ2n) is 6.09. The largest absolute Gasteiger partial charge is 0.214 e. The normalized spacial score (nSPS) is 10.9. The zero-order valence-corrected chi connectivity index (χ0v) is 13.7. The highest BCUT2D eigenvalue weighted by Gasteiger charge is 2.19. The molecule has 0 aliphatic carbocycles. The molecule has 2 nitrogen and oxygen atoms in total. The standard InChI is InChI=1S/C22H17N2/c1-15-18-8-4-3-7-16(18)11-12-19(15)22-13-17(14-23)20-9-5-6-10-21(20)24(22)2/h3-13H,1-2H3/q+1. The molecule has 4 aromatic rings. The number of fused-ring (bicyclic) bond motifs is 2. The van der Waals surface area contributed by atoms with E-state index in [0.717, 1.165) is 16.6 Å². The summed E-state index contributed by atoms with van der Waals surface area (Å²) in [5, 5.41) is 13.1. The summed E-state index contributed by atoms with van der Waals surface area (Å²) >= 11 is 0. The molecule has 114 valence electrons. The maximum atomic E-state index is 9.58. The highest BCUT2D eigenvalue weighted by Crippen LogP contribution is 2.30. The summed E-state index contributed by atoms with van der Waals surface area (Å²) < 4.78 is 2.17. The first-order valence-electron chi connectivity index (χ1n) is 8.01. The number of hydrogen-bond donors (Lipinski definition) is 0. The molecule has 0 saturated carbocycles. The smallest absolute Gasteiger partial charge is 0.194 e. The van der Waals surface area contributed by atoms with Gasteiger partial charge in [-0.3, -0.25) is 0 Å². The lowest BCUT2D eigenvalue weighted by atomic mass is 9.96. The van der Waals surface area contributed by atoms with Crippen LogP contribution in [0.25, 0.3) is 32.9 Å². The molecule has 0 aliphatic rings. The minimum absolute atomic E-state index is 0.714. The van der Waals surface area contributed by atoms with E-state index in [-0.39, 0.29) is 0 Å². The minimum Gasteiger partial charge on any atom is -0.194 e. The maximum Gasteiger partial charge on any atom is 0.214 e. The Bertz CT molecular complexity index is 1130. The third kappa shape index (κ3) is 2.06. The number of aryl methyl sites for hydroxylation is 2. The quantitative estimate of drug-likeness (QED) is 0.470. The molecular weight excluding hydrogens is 292 g/mol. The lowest BCUT2D eigenvalue weighted by molar-refractivity contribution is -0.633. The fourth-order valence-electron chi connectivity index (χ4n) is 3.49. The Labute approximate surface area is 141 Å². The molecule has 0 bridgehead atoms. The van der Waals surface area contributed by atoms with Gasteiger partial charge in [-0.25, -0.2) is 0 Å². The van der Waals surface area contributed by atoms with Gasteiger partial charge in [0.2, 0.25) is 11.2 Å². The molecule has 2 heteroatoms. The number of nitrogens with zero attached hydrogens (tertiary/aromatic N) is 2. The predicted octanol–water partition coefficient (Wildman–Crippen LogP) is 4.66. The van der Waals surface area contributed by atoms with Gasteiger partial charge in [-0.1, -0.05) is 42.5 Å². The van der Waals surface area contributed by atoms with Crippen molar-refractivity contribution in [2.75, 3.05) is 0 Å². The van der Waals surface area contributed by atoms with E-state index in [0.29, 0.717) is 5.56 Å². The summed E-state index contributed by atoms with van der Waals surface area (Å²) in [5.41, 5.74) is 5.25. The topological polar surface area (TPSA) is 27.7 Å². The Kier molecular flexibility index (Phi) is 3.29. The molecule has 1 aromatic heterocycles. The highest BCUT2D eigenvalue weighted by atomic mass is 14.9. The van der Waals surface area contributed by atoms with Crippen LogP contribution in [0, 0.1) is 18.3 Å². The number of hydrogen-bond acceptors (Lipinski definition) is 1. The van der Waals surface area contributed by atoms with Crippen LogP contribution in [0.15, 0.2) is 66.7 Å². The Hall–Kier alpha value is -3.18. The molecule has 0 fully saturated rings. The van der Waals surface area contributed by atoms with E-state index in [9.17, 15) is 5.26 Å². The Morgan fingerprint density at radius 2 is 1.58 bits per heavy atom. The van der Waals surface area contributed by atoms with Crippen LogP contribution in [-0.4, -0.2) is 0 Å². The van der Waals surface area contributed by atoms with Crippen LogP contribution >= 0.6 is 0 Å². The Morgan fingerprint density at radius 3 is 2.38 bits per heavy atom. The van der Waals surface area contributed by atoms with Crippen molar-refractivity contribution < 1.29 is 4.57 Å². The van der Waals surface area contributed by atoms with Crippen LogP contribution in [0.2, 0.25) is 0 Å². The van der Waals surface area contributed by atoms with Crippen molar-refractivity contribution in [2.45, 2.75) is 6.92 Å². The van der Waals surface area contributed by atoms with Gasteiger partial charge in [0.05, 0.1) is 10.9 Å². The summed E-state index contributed by atoms with van der Waals surface area (Å²) in [6.45, 7) is 2.15. The number of aromatic nitrogens is 1. The summed E-state index contributed by atoms with van der Waals surface area (Å²) in [6.07, 6.45) is 0. The summed E-state index contributed by atoms with van der Waals surface area (Å²) in [6, 6.07) is 25.1. The van der Waals surface area contributed by atoms with E-state index in [2.05, 4.69) is 67.1 Å². The van der Waals surface area contributed by atoms with E-state index in [1.54, 1.807) is 0 Å². The van der Waals surface area contributed by atoms with Gasteiger partial charge in [0.15, 0.2) is 0 Å². The molecule has 0 unspecified atom stereocenters. The van der Waals surface area contributed by atoms with Crippen LogP contribution < -0.4 is 4.57 Å². The van der Waals surface area contributed by atoms with Crippen molar-refractivity contribution in [1.82, 2.24) is 0 Å². The average Bonchev–Trinajstić information content (AvgIpc) is 2.63. The molecule has 0 amide bonds. The SMILES string of the molecule is Cc1c(-c2cc(C#N)c3ccccc3[n+]2C)ccc2ccccc12. The third-order valence-electron chi connectivity index (χ3n) is 4.79. The molecule has 0 atom stereocenters. The third-order valence-corrected chi connectivity index (χ3v) is 4.79. The molecule has 3 aromatic carbocycles. The van der Waals surface area contributed by atoms with Crippen molar-refractivity contribution in [3.63, 3.8) is 0 Å². The van der Waals surface area contributed by atoms with Crippen LogP contribution in [-0.2, 0) is 7.05 Å². The molecule has 0 radical (unpaired) electrons. The fourth-order valence-corrected chi connectivity index (χ4v) is 3.49. The van der Waals surface area contributed by atoms with Crippen molar-refractivity contribution in [3.8, 4) is 17.3 Å². The monoisotopic (exact) mass is 309 g/mol. The molecule has 4 rings (SSSR count). The predicted molar refractivity (Wildman–Crippen MR) is 97.5 cm³/mol. The maximum absolute atomic E-state index is 9.58. The molecule has 0 saturated heterocycles. The first-order chi connectivity index (χ1) is 11.7. The molecule has 24 heavy (non-hydrogen) atoms. The second-order valence-corrected chi connectivity index (χ2v) is 6.09. The fraction of sp³-hybridized carbons (Fsp3) is 0.0909. The van der Waals surface area contributed by atoms with Gasteiger partial charge in [-0.15, -0.1) is 0 Å². The molecule has 1 heterocycles. The molecule has 0 spiro atoms. The molecule has 0 N–H and O–H groups in total. The van der Waals surface area contributed by atoms with Gasteiger partial charge in [0.25, 0.3) is 0 Å². The van der Waals surface area contributed by atoms with Gasteiger partial charge in [0.1, 0.15) is 13.1 Å².